The van der Waals surface area contributed by atoms with Gasteiger partial charge in [0, 0.05) is 5.70 Å². The Labute approximate surface area is 136 Å². The molecule has 1 saturated carbocycles. The minimum atomic E-state index is -0.471. The molecule has 5 heteroatoms. The molecule has 1 aromatic rings. The largest absolute Gasteiger partial charge is 0.459 e. The number of hydrogen-bond donors (Lipinski definition) is 2. The van der Waals surface area contributed by atoms with E-state index >= 15 is 0 Å². The minimum absolute atomic E-state index is 0.00870. The van der Waals surface area contributed by atoms with Gasteiger partial charge in [0.25, 0.3) is 0 Å². The Kier molecular flexibility index (Phi) is 4.65. The zero-order valence-corrected chi connectivity index (χ0v) is 13.3. The maximum atomic E-state index is 12.7. The first kappa shape index (κ1) is 15.6. The van der Waals surface area contributed by atoms with Crippen LogP contribution in [0.4, 0.5) is 4.79 Å². The van der Waals surface area contributed by atoms with Gasteiger partial charge >= 0.3 is 12.0 Å². The maximum Gasteiger partial charge on any atom is 0.338 e. The van der Waals surface area contributed by atoms with E-state index in [0.717, 1.165) is 31.2 Å². The number of allylic oxidation sites excluding steroid dienone is 1. The summed E-state index contributed by atoms with van der Waals surface area (Å²) in [6.07, 6.45) is 5.26. The first-order valence-corrected chi connectivity index (χ1v) is 8.19. The lowest BCUT2D eigenvalue weighted by atomic mass is 9.95. The summed E-state index contributed by atoms with van der Waals surface area (Å²) in [7, 11) is 0. The number of nitrogens with one attached hydrogen (secondary N) is 2. The SMILES string of the molecule is CC1=C(C(=O)OC2CCCCC2)[C@@H](c2ccccc2)NC(=O)N1. The quantitative estimate of drug-likeness (QED) is 0.842. The third kappa shape index (κ3) is 3.55. The minimum Gasteiger partial charge on any atom is -0.459 e. The number of carbonyl (C=O) groups is 2. The summed E-state index contributed by atoms with van der Waals surface area (Å²) in [6, 6.07) is 8.72. The molecule has 0 unspecified atom stereocenters. The van der Waals surface area contributed by atoms with Crippen molar-refractivity contribution in [1.29, 1.82) is 0 Å². The van der Waals surface area contributed by atoms with Crippen molar-refractivity contribution >= 4 is 12.0 Å². The topological polar surface area (TPSA) is 67.4 Å². The highest BCUT2D eigenvalue weighted by molar-refractivity contribution is 5.95. The van der Waals surface area contributed by atoms with Gasteiger partial charge in [0.15, 0.2) is 0 Å². The van der Waals surface area contributed by atoms with E-state index in [9.17, 15) is 9.59 Å². The molecule has 0 aromatic heterocycles. The number of hydrogen-bond acceptors (Lipinski definition) is 3. The molecular formula is C18H22N2O3. The summed E-state index contributed by atoms with van der Waals surface area (Å²) in [5.74, 6) is -0.337. The molecule has 0 saturated heterocycles. The zero-order valence-electron chi connectivity index (χ0n) is 13.3. The van der Waals surface area contributed by atoms with Gasteiger partial charge in [-0.1, -0.05) is 36.8 Å². The van der Waals surface area contributed by atoms with Gasteiger partial charge in [0.2, 0.25) is 0 Å². The van der Waals surface area contributed by atoms with E-state index < -0.39 is 6.04 Å². The smallest absolute Gasteiger partial charge is 0.338 e. The van der Waals surface area contributed by atoms with Crippen LogP contribution in [0.15, 0.2) is 41.6 Å². The molecule has 23 heavy (non-hydrogen) atoms. The Morgan fingerprint density at radius 1 is 1.13 bits per heavy atom. The van der Waals surface area contributed by atoms with Crippen LogP contribution in [0, 0.1) is 0 Å². The number of benzene rings is 1. The molecule has 2 N–H and O–H groups in total. The van der Waals surface area contributed by atoms with Crippen LogP contribution in [0.1, 0.15) is 50.6 Å². The van der Waals surface area contributed by atoms with Gasteiger partial charge in [-0.2, -0.15) is 0 Å². The number of amides is 2. The van der Waals surface area contributed by atoms with E-state index in [1.165, 1.54) is 6.42 Å². The van der Waals surface area contributed by atoms with Crippen LogP contribution in [0.3, 0.4) is 0 Å². The fourth-order valence-corrected chi connectivity index (χ4v) is 3.26. The third-order valence-electron chi connectivity index (χ3n) is 4.45. The second kappa shape index (κ2) is 6.86. The average molecular weight is 314 g/mol. The highest BCUT2D eigenvalue weighted by atomic mass is 16.5. The summed E-state index contributed by atoms with van der Waals surface area (Å²) in [5, 5.41) is 5.50. The Balaban J connectivity index is 1.84. The van der Waals surface area contributed by atoms with Crippen LogP contribution in [0.5, 0.6) is 0 Å². The normalized spacial score (nSPS) is 22.3. The molecule has 1 atom stereocenters. The summed E-state index contributed by atoms with van der Waals surface area (Å²) < 4.78 is 5.70. The first-order chi connectivity index (χ1) is 11.1. The summed E-state index contributed by atoms with van der Waals surface area (Å²) in [5.41, 5.74) is 1.92. The molecule has 0 spiro atoms. The molecule has 1 aliphatic carbocycles. The third-order valence-corrected chi connectivity index (χ3v) is 4.45. The first-order valence-electron chi connectivity index (χ1n) is 8.19. The van der Waals surface area contributed by atoms with E-state index in [1.54, 1.807) is 6.92 Å². The lowest BCUT2D eigenvalue weighted by Gasteiger charge is -2.30. The summed E-state index contributed by atoms with van der Waals surface area (Å²) >= 11 is 0. The highest BCUT2D eigenvalue weighted by Gasteiger charge is 2.33. The van der Waals surface area contributed by atoms with Gasteiger partial charge in [-0.05, 0) is 38.2 Å². The lowest BCUT2D eigenvalue weighted by molar-refractivity contribution is -0.146. The van der Waals surface area contributed by atoms with Crippen molar-refractivity contribution < 1.29 is 14.3 Å². The molecular weight excluding hydrogens is 292 g/mol. The number of ether oxygens (including phenoxy) is 1. The average Bonchev–Trinajstić information content (AvgIpc) is 2.55. The van der Waals surface area contributed by atoms with Gasteiger partial charge in [0.1, 0.15) is 6.10 Å². The van der Waals surface area contributed by atoms with E-state index in [-0.39, 0.29) is 18.1 Å². The molecule has 0 bridgehead atoms. The predicted octanol–water partition coefficient (Wildman–Crippen LogP) is 3.19. The number of carbonyl (C=O) groups excluding carboxylic acids is 2. The van der Waals surface area contributed by atoms with Crippen molar-refractivity contribution in [3.63, 3.8) is 0 Å². The van der Waals surface area contributed by atoms with Gasteiger partial charge in [-0.15, -0.1) is 0 Å². The number of esters is 1. The van der Waals surface area contributed by atoms with Crippen molar-refractivity contribution in [3.8, 4) is 0 Å². The van der Waals surface area contributed by atoms with Gasteiger partial charge in [-0.3, -0.25) is 0 Å². The zero-order chi connectivity index (χ0) is 16.2. The Hall–Kier alpha value is -2.30. The Bertz CT molecular complexity index is 618. The van der Waals surface area contributed by atoms with Crippen LogP contribution < -0.4 is 10.6 Å². The number of urea groups is 1. The molecule has 1 fully saturated rings. The van der Waals surface area contributed by atoms with Gasteiger partial charge in [0.05, 0.1) is 11.6 Å². The fraction of sp³-hybridized carbons (Fsp3) is 0.444. The summed E-state index contributed by atoms with van der Waals surface area (Å²) in [4.78, 5) is 24.5. The van der Waals surface area contributed by atoms with Crippen molar-refractivity contribution in [2.45, 2.75) is 51.2 Å². The molecule has 5 nitrogen and oxygen atoms in total. The maximum absolute atomic E-state index is 12.7. The van der Waals surface area contributed by atoms with E-state index in [0.29, 0.717) is 11.3 Å². The van der Waals surface area contributed by atoms with Gasteiger partial charge < -0.3 is 15.4 Å². The van der Waals surface area contributed by atoms with Crippen LogP contribution in [0.2, 0.25) is 0 Å². The highest BCUT2D eigenvalue weighted by Crippen LogP contribution is 2.29. The Morgan fingerprint density at radius 2 is 1.83 bits per heavy atom. The monoisotopic (exact) mass is 314 g/mol. The number of rotatable bonds is 3. The molecule has 0 radical (unpaired) electrons. The lowest BCUT2D eigenvalue weighted by Crippen LogP contribution is -2.45. The van der Waals surface area contributed by atoms with Crippen LogP contribution in [-0.2, 0) is 9.53 Å². The molecule has 122 valence electrons. The van der Waals surface area contributed by atoms with Crippen molar-refractivity contribution in [3.05, 3.63) is 47.2 Å². The molecule has 1 aliphatic heterocycles. The fourth-order valence-electron chi connectivity index (χ4n) is 3.26. The van der Waals surface area contributed by atoms with Crippen molar-refractivity contribution in [2.75, 3.05) is 0 Å². The van der Waals surface area contributed by atoms with E-state index in [4.69, 9.17) is 4.74 Å². The second-order valence-electron chi connectivity index (χ2n) is 6.15. The molecule has 3 rings (SSSR count). The summed E-state index contributed by atoms with van der Waals surface area (Å²) in [6.45, 7) is 1.74. The standard InChI is InChI=1S/C18H22N2O3/c1-12-15(17(21)23-14-10-6-3-7-11-14)16(20-18(22)19-12)13-8-4-2-5-9-13/h2,4-5,8-9,14,16H,3,6-7,10-11H2,1H3,(H2,19,20,22)/t16-/m1/s1. The molecule has 1 aromatic carbocycles. The van der Waals surface area contributed by atoms with Crippen molar-refractivity contribution in [2.24, 2.45) is 0 Å². The van der Waals surface area contributed by atoms with E-state index in [1.807, 2.05) is 30.3 Å². The van der Waals surface area contributed by atoms with E-state index in [2.05, 4.69) is 10.6 Å². The molecule has 2 aliphatic rings. The molecule has 1 heterocycles. The molecule has 2 amide bonds. The van der Waals surface area contributed by atoms with Crippen LogP contribution in [0.25, 0.3) is 0 Å². The van der Waals surface area contributed by atoms with Crippen LogP contribution >= 0.6 is 0 Å². The predicted molar refractivity (Wildman–Crippen MR) is 86.5 cm³/mol. The van der Waals surface area contributed by atoms with Crippen molar-refractivity contribution in [1.82, 2.24) is 10.6 Å². The Morgan fingerprint density at radius 3 is 2.52 bits per heavy atom. The van der Waals surface area contributed by atoms with Gasteiger partial charge in [-0.25, -0.2) is 9.59 Å². The van der Waals surface area contributed by atoms with Crippen LogP contribution in [-0.4, -0.2) is 18.1 Å². The second-order valence-corrected chi connectivity index (χ2v) is 6.15.